The molecule has 1 aliphatic heterocycles. The van der Waals surface area contributed by atoms with E-state index in [1.165, 1.54) is 17.1 Å². The Morgan fingerprint density at radius 2 is 2.03 bits per heavy atom. The number of rotatable bonds is 5. The van der Waals surface area contributed by atoms with Gasteiger partial charge in [0.15, 0.2) is 0 Å². The molecule has 0 radical (unpaired) electrons. The van der Waals surface area contributed by atoms with Crippen LogP contribution in [0.25, 0.3) is 0 Å². The summed E-state index contributed by atoms with van der Waals surface area (Å²) in [4.78, 5) is 17.4. The Morgan fingerprint density at radius 3 is 2.74 bits per heavy atom. The largest absolute Gasteiger partial charge is 0.434 e. The van der Waals surface area contributed by atoms with Crippen molar-refractivity contribution in [2.24, 2.45) is 0 Å². The van der Waals surface area contributed by atoms with Crippen LogP contribution in [0.4, 0.5) is 20.4 Å². The molecule has 0 saturated carbocycles. The summed E-state index contributed by atoms with van der Waals surface area (Å²) in [5.41, 5.74) is 1.62. The molecule has 0 spiro atoms. The molecule has 2 N–H and O–H groups in total. The van der Waals surface area contributed by atoms with E-state index in [1.807, 2.05) is 0 Å². The summed E-state index contributed by atoms with van der Waals surface area (Å²) < 4.78 is 33.0. The van der Waals surface area contributed by atoms with Crippen LogP contribution in [0.1, 0.15) is 18.5 Å². The van der Waals surface area contributed by atoms with Gasteiger partial charge in [-0.2, -0.15) is 18.9 Å². The van der Waals surface area contributed by atoms with Crippen molar-refractivity contribution < 1.29 is 18.3 Å². The van der Waals surface area contributed by atoms with Crippen molar-refractivity contribution in [2.75, 3.05) is 10.6 Å². The second-order valence-corrected chi connectivity index (χ2v) is 7.97. The van der Waals surface area contributed by atoms with Crippen LogP contribution < -0.4 is 15.4 Å². The molecule has 11 heteroatoms. The Bertz CT molecular complexity index is 1170. The lowest BCUT2D eigenvalue weighted by atomic mass is 9.94. The van der Waals surface area contributed by atoms with Crippen LogP contribution in [0, 0.1) is 0 Å². The summed E-state index contributed by atoms with van der Waals surface area (Å²) >= 11 is 9.27. The quantitative estimate of drug-likeness (QED) is 0.492. The molecule has 0 aliphatic carbocycles. The molecule has 0 bridgehead atoms. The zero-order valence-electron chi connectivity index (χ0n) is 15.9. The first-order chi connectivity index (χ1) is 14.8. The van der Waals surface area contributed by atoms with Crippen LogP contribution in [0.5, 0.6) is 5.75 Å². The predicted octanol–water partition coefficient (Wildman–Crippen LogP) is 5.22. The average Bonchev–Trinajstić information content (AvgIpc) is 3.17. The molecule has 1 amide bonds. The molecule has 7 nitrogen and oxygen atoms in total. The molecule has 0 fully saturated rings. The molecule has 31 heavy (non-hydrogen) atoms. The topological polar surface area (TPSA) is 81.1 Å². The minimum Gasteiger partial charge on any atom is -0.434 e. The van der Waals surface area contributed by atoms with E-state index >= 15 is 0 Å². The standard InChI is InChI=1S/C20H15BrClF2N5O2/c1-10-16(18(30)28-13-5-3-12(22)4-6-13)17(29-20(27-10)25-9-26-29)14-8-11(21)2-7-15(14)31-19(23)24/h2-9,17,19H,1H3,(H,28,30)(H,25,26,27)/t17-/m1/s1. The van der Waals surface area contributed by atoms with Gasteiger partial charge in [0.1, 0.15) is 18.1 Å². The first kappa shape index (κ1) is 21.3. The van der Waals surface area contributed by atoms with Crippen molar-refractivity contribution in [3.05, 3.63) is 75.1 Å². The molecule has 2 heterocycles. The minimum atomic E-state index is -3.03. The summed E-state index contributed by atoms with van der Waals surface area (Å²) in [5.74, 6) is -0.147. The van der Waals surface area contributed by atoms with Crippen molar-refractivity contribution >= 4 is 45.1 Å². The zero-order chi connectivity index (χ0) is 22.1. The van der Waals surface area contributed by atoms with Crippen LogP contribution in [0.3, 0.4) is 0 Å². The summed E-state index contributed by atoms with van der Waals surface area (Å²) in [6.07, 6.45) is 1.31. The number of amides is 1. The van der Waals surface area contributed by atoms with Gasteiger partial charge in [0.25, 0.3) is 5.91 Å². The van der Waals surface area contributed by atoms with Crippen LogP contribution in [0.2, 0.25) is 5.02 Å². The molecule has 0 saturated heterocycles. The van der Waals surface area contributed by atoms with Crippen molar-refractivity contribution in [3.8, 4) is 5.75 Å². The SMILES string of the molecule is CC1=C(C(=O)Nc2ccc(Cl)cc2)[C@@H](c2cc(Br)ccc2OC(F)F)n2ncnc2N1. The van der Waals surface area contributed by atoms with E-state index in [4.69, 9.17) is 16.3 Å². The average molecular weight is 511 g/mol. The number of nitrogens with zero attached hydrogens (tertiary/aromatic N) is 3. The van der Waals surface area contributed by atoms with Gasteiger partial charge < -0.3 is 15.4 Å². The van der Waals surface area contributed by atoms with Gasteiger partial charge in [-0.3, -0.25) is 4.79 Å². The van der Waals surface area contributed by atoms with Gasteiger partial charge >= 0.3 is 6.61 Å². The molecular weight excluding hydrogens is 496 g/mol. The number of allylic oxidation sites excluding steroid dienone is 1. The summed E-state index contributed by atoms with van der Waals surface area (Å²) in [6.45, 7) is -1.33. The van der Waals surface area contributed by atoms with E-state index in [0.29, 0.717) is 32.4 Å². The number of alkyl halides is 2. The lowest BCUT2D eigenvalue weighted by molar-refractivity contribution is -0.113. The monoisotopic (exact) mass is 509 g/mol. The molecule has 160 valence electrons. The number of aromatic nitrogens is 3. The summed E-state index contributed by atoms with van der Waals surface area (Å²) in [5, 5.41) is 10.6. The fraction of sp³-hybridized carbons (Fsp3) is 0.150. The molecular formula is C20H15BrClF2N5O2. The number of nitrogens with one attached hydrogen (secondary N) is 2. The molecule has 1 aliphatic rings. The highest BCUT2D eigenvalue weighted by Crippen LogP contribution is 2.40. The maximum absolute atomic E-state index is 13.3. The molecule has 0 unspecified atom stereocenters. The van der Waals surface area contributed by atoms with Crippen LogP contribution in [0.15, 0.2) is 64.5 Å². The van der Waals surface area contributed by atoms with Gasteiger partial charge in [-0.1, -0.05) is 27.5 Å². The first-order valence-corrected chi connectivity index (χ1v) is 10.2. The van der Waals surface area contributed by atoms with E-state index < -0.39 is 18.6 Å². The van der Waals surface area contributed by atoms with Gasteiger partial charge in [-0.05, 0) is 49.4 Å². The number of anilines is 2. The van der Waals surface area contributed by atoms with Crippen molar-refractivity contribution in [3.63, 3.8) is 0 Å². The summed E-state index contributed by atoms with van der Waals surface area (Å²) in [6, 6.07) is 10.3. The van der Waals surface area contributed by atoms with Crippen LogP contribution >= 0.6 is 27.5 Å². The summed E-state index contributed by atoms with van der Waals surface area (Å²) in [7, 11) is 0. The Hall–Kier alpha value is -2.98. The fourth-order valence-electron chi connectivity index (χ4n) is 3.34. The lowest BCUT2D eigenvalue weighted by Crippen LogP contribution is -2.32. The third-order valence-electron chi connectivity index (χ3n) is 4.62. The normalized spacial score (nSPS) is 15.5. The molecule has 4 rings (SSSR count). The second kappa shape index (κ2) is 8.64. The van der Waals surface area contributed by atoms with Crippen molar-refractivity contribution in [1.82, 2.24) is 14.8 Å². The molecule has 2 aromatic carbocycles. The number of carbonyl (C=O) groups excluding carboxylic acids is 1. The Kier molecular flexibility index (Phi) is 5.92. The second-order valence-electron chi connectivity index (χ2n) is 6.62. The van der Waals surface area contributed by atoms with E-state index in [1.54, 1.807) is 43.3 Å². The Morgan fingerprint density at radius 1 is 1.29 bits per heavy atom. The highest BCUT2D eigenvalue weighted by molar-refractivity contribution is 9.10. The van der Waals surface area contributed by atoms with Crippen LogP contribution in [-0.2, 0) is 4.79 Å². The fourth-order valence-corrected chi connectivity index (χ4v) is 3.85. The maximum atomic E-state index is 13.3. The van der Waals surface area contributed by atoms with Gasteiger partial charge in [0.05, 0.1) is 5.57 Å². The number of fused-ring (bicyclic) bond motifs is 1. The molecule has 1 atom stereocenters. The van der Waals surface area contributed by atoms with E-state index in [-0.39, 0.29) is 11.3 Å². The Labute approximate surface area is 189 Å². The van der Waals surface area contributed by atoms with E-state index in [2.05, 4.69) is 36.6 Å². The van der Waals surface area contributed by atoms with E-state index in [9.17, 15) is 13.6 Å². The highest BCUT2D eigenvalue weighted by Gasteiger charge is 2.35. The number of ether oxygens (including phenoxy) is 1. The van der Waals surface area contributed by atoms with Gasteiger partial charge in [0, 0.05) is 26.4 Å². The van der Waals surface area contributed by atoms with Gasteiger partial charge in [-0.15, -0.1) is 0 Å². The highest BCUT2D eigenvalue weighted by atomic mass is 79.9. The maximum Gasteiger partial charge on any atom is 0.387 e. The smallest absolute Gasteiger partial charge is 0.387 e. The third-order valence-corrected chi connectivity index (χ3v) is 5.37. The predicted molar refractivity (Wildman–Crippen MR) is 115 cm³/mol. The van der Waals surface area contributed by atoms with Crippen molar-refractivity contribution in [2.45, 2.75) is 19.6 Å². The van der Waals surface area contributed by atoms with Gasteiger partial charge in [-0.25, -0.2) is 4.68 Å². The zero-order valence-corrected chi connectivity index (χ0v) is 18.3. The number of halogens is 4. The minimum absolute atomic E-state index is 0.0730. The number of hydrogen-bond donors (Lipinski definition) is 2. The lowest BCUT2D eigenvalue weighted by Gasteiger charge is -2.29. The first-order valence-electron chi connectivity index (χ1n) is 9.02. The molecule has 1 aromatic heterocycles. The number of hydrogen-bond acceptors (Lipinski definition) is 5. The number of benzene rings is 2. The molecule has 3 aromatic rings. The Balaban J connectivity index is 1.81. The third kappa shape index (κ3) is 4.40. The van der Waals surface area contributed by atoms with Crippen molar-refractivity contribution in [1.29, 1.82) is 0 Å². The number of carbonyl (C=O) groups is 1. The van der Waals surface area contributed by atoms with E-state index in [0.717, 1.165) is 0 Å². The van der Waals surface area contributed by atoms with Crippen LogP contribution in [-0.4, -0.2) is 27.3 Å². The van der Waals surface area contributed by atoms with Gasteiger partial charge in [0.2, 0.25) is 5.95 Å².